The van der Waals surface area contributed by atoms with Gasteiger partial charge in [-0.2, -0.15) is 0 Å². The number of benzene rings is 1. The van der Waals surface area contributed by atoms with Crippen LogP contribution in [0.25, 0.3) is 0 Å². The summed E-state index contributed by atoms with van der Waals surface area (Å²) in [6.07, 6.45) is 2.54. The van der Waals surface area contributed by atoms with E-state index in [-0.39, 0.29) is 36.0 Å². The zero-order valence-electron chi connectivity index (χ0n) is 16.4. The molecule has 1 aliphatic rings. The number of hydrogen-bond donors (Lipinski definition) is 3. The molecule has 7 nitrogen and oxygen atoms in total. The summed E-state index contributed by atoms with van der Waals surface area (Å²) in [6, 6.07) is 5.94. The van der Waals surface area contributed by atoms with Gasteiger partial charge in [0, 0.05) is 38.8 Å². The van der Waals surface area contributed by atoms with E-state index in [1.165, 1.54) is 0 Å². The molecule has 1 aromatic rings. The number of methoxy groups -OCH3 is 2. The molecular weight excluding hydrogens is 461 g/mol. The number of aliphatic imine (C=N–C) groups is 1. The van der Waals surface area contributed by atoms with Crippen LogP contribution in [0.5, 0.6) is 11.5 Å². The lowest BCUT2D eigenvalue weighted by Crippen LogP contribution is -2.45. The van der Waals surface area contributed by atoms with Gasteiger partial charge in [0.25, 0.3) is 0 Å². The molecule has 1 unspecified atom stereocenters. The lowest BCUT2D eigenvalue weighted by Gasteiger charge is -2.27. The molecule has 1 aliphatic heterocycles. The van der Waals surface area contributed by atoms with Gasteiger partial charge in [0.15, 0.2) is 17.5 Å². The summed E-state index contributed by atoms with van der Waals surface area (Å²) in [6.45, 7) is 3.11. The second-order valence-electron chi connectivity index (χ2n) is 6.57. The largest absolute Gasteiger partial charge is 0.493 e. The van der Waals surface area contributed by atoms with Crippen LogP contribution in [0.4, 0.5) is 0 Å². The smallest absolute Gasteiger partial charge is 0.191 e. The first kappa shape index (κ1) is 23.8. The molecule has 0 amide bonds. The molecule has 1 heterocycles. The highest BCUT2D eigenvalue weighted by atomic mass is 127. The molecule has 0 bridgehead atoms. The molecule has 0 saturated carbocycles. The minimum atomic E-state index is -0.00425. The Labute approximate surface area is 178 Å². The minimum Gasteiger partial charge on any atom is -0.493 e. The molecule has 27 heavy (non-hydrogen) atoms. The van der Waals surface area contributed by atoms with Crippen LogP contribution in [-0.2, 0) is 11.2 Å². The molecule has 1 saturated heterocycles. The molecule has 0 aliphatic carbocycles. The summed E-state index contributed by atoms with van der Waals surface area (Å²) in [4.78, 5) is 4.28. The van der Waals surface area contributed by atoms with Gasteiger partial charge in [-0.05, 0) is 37.0 Å². The maximum absolute atomic E-state index is 9.31. The summed E-state index contributed by atoms with van der Waals surface area (Å²) in [7, 11) is 5.03. The average Bonchev–Trinajstić information content (AvgIpc) is 3.13. The van der Waals surface area contributed by atoms with Crippen LogP contribution in [0.1, 0.15) is 18.4 Å². The highest BCUT2D eigenvalue weighted by Crippen LogP contribution is 2.31. The van der Waals surface area contributed by atoms with E-state index in [9.17, 15) is 5.11 Å². The first-order chi connectivity index (χ1) is 12.7. The van der Waals surface area contributed by atoms with E-state index in [0.717, 1.165) is 62.0 Å². The number of aliphatic hydroxyl groups is 1. The van der Waals surface area contributed by atoms with Crippen molar-refractivity contribution in [1.29, 1.82) is 0 Å². The second kappa shape index (κ2) is 12.2. The van der Waals surface area contributed by atoms with Crippen LogP contribution in [0, 0.1) is 5.41 Å². The van der Waals surface area contributed by atoms with E-state index < -0.39 is 0 Å². The van der Waals surface area contributed by atoms with Gasteiger partial charge in [-0.1, -0.05) is 6.07 Å². The predicted octanol–water partition coefficient (Wildman–Crippen LogP) is 1.82. The Bertz CT molecular complexity index is 592. The van der Waals surface area contributed by atoms with Gasteiger partial charge >= 0.3 is 0 Å². The predicted molar refractivity (Wildman–Crippen MR) is 118 cm³/mol. The Balaban J connectivity index is 0.00000364. The van der Waals surface area contributed by atoms with Crippen molar-refractivity contribution in [3.05, 3.63) is 23.8 Å². The molecule has 2 rings (SSSR count). The number of rotatable bonds is 9. The quantitative estimate of drug-likeness (QED) is 0.277. The Morgan fingerprint density at radius 1 is 1.26 bits per heavy atom. The zero-order chi connectivity index (χ0) is 18.8. The first-order valence-electron chi connectivity index (χ1n) is 9.00. The van der Waals surface area contributed by atoms with Crippen molar-refractivity contribution in [2.45, 2.75) is 19.3 Å². The maximum atomic E-state index is 9.31. The number of ether oxygens (including phenoxy) is 3. The van der Waals surface area contributed by atoms with E-state index in [2.05, 4.69) is 15.6 Å². The molecule has 154 valence electrons. The van der Waals surface area contributed by atoms with Crippen molar-refractivity contribution >= 4 is 29.9 Å². The van der Waals surface area contributed by atoms with E-state index in [1.807, 2.05) is 18.2 Å². The van der Waals surface area contributed by atoms with Crippen molar-refractivity contribution < 1.29 is 19.3 Å². The van der Waals surface area contributed by atoms with Gasteiger partial charge < -0.3 is 30.0 Å². The van der Waals surface area contributed by atoms with Gasteiger partial charge in [0.05, 0.1) is 20.8 Å². The molecule has 1 fully saturated rings. The Morgan fingerprint density at radius 2 is 2.04 bits per heavy atom. The van der Waals surface area contributed by atoms with Gasteiger partial charge in [-0.3, -0.25) is 4.99 Å². The van der Waals surface area contributed by atoms with Crippen molar-refractivity contribution in [3.63, 3.8) is 0 Å². The molecule has 0 radical (unpaired) electrons. The van der Waals surface area contributed by atoms with Crippen molar-refractivity contribution in [2.75, 3.05) is 54.2 Å². The van der Waals surface area contributed by atoms with Gasteiger partial charge in [0.1, 0.15) is 0 Å². The maximum Gasteiger partial charge on any atom is 0.191 e. The number of hydrogen-bond acceptors (Lipinski definition) is 5. The molecular formula is C19H32IN3O4. The SMILES string of the molecule is CN=C(NCCc1ccc(OC)c(OC)c1)NCC1(CCO)CCOC1.I. The Hall–Kier alpha value is -1.26. The van der Waals surface area contributed by atoms with E-state index in [4.69, 9.17) is 14.2 Å². The van der Waals surface area contributed by atoms with E-state index in [1.54, 1.807) is 21.3 Å². The van der Waals surface area contributed by atoms with Crippen LogP contribution in [-0.4, -0.2) is 65.2 Å². The third-order valence-electron chi connectivity index (χ3n) is 4.84. The number of nitrogens with zero attached hydrogens (tertiary/aromatic N) is 1. The van der Waals surface area contributed by atoms with Gasteiger partial charge in [-0.15, -0.1) is 24.0 Å². The van der Waals surface area contributed by atoms with Crippen molar-refractivity contribution in [2.24, 2.45) is 10.4 Å². The van der Waals surface area contributed by atoms with Crippen LogP contribution in [0.3, 0.4) is 0 Å². The zero-order valence-corrected chi connectivity index (χ0v) is 18.7. The molecule has 1 aromatic carbocycles. The van der Waals surface area contributed by atoms with E-state index >= 15 is 0 Å². The van der Waals surface area contributed by atoms with Crippen LogP contribution >= 0.6 is 24.0 Å². The highest BCUT2D eigenvalue weighted by Gasteiger charge is 2.34. The fourth-order valence-corrected chi connectivity index (χ4v) is 3.16. The molecule has 1 atom stereocenters. The van der Waals surface area contributed by atoms with Crippen LogP contribution in [0.2, 0.25) is 0 Å². The fourth-order valence-electron chi connectivity index (χ4n) is 3.16. The standard InChI is InChI=1S/C19H31N3O4.HI/c1-20-18(22-13-19(7-10-23)8-11-26-14-19)21-9-6-15-4-5-16(24-2)17(12-15)25-3;/h4-5,12,23H,6-11,13-14H2,1-3H3,(H2,20,21,22);1H. The van der Waals surface area contributed by atoms with Gasteiger partial charge in [0.2, 0.25) is 0 Å². The summed E-state index contributed by atoms with van der Waals surface area (Å²) < 4.78 is 16.1. The summed E-state index contributed by atoms with van der Waals surface area (Å²) >= 11 is 0. The summed E-state index contributed by atoms with van der Waals surface area (Å²) in [5.74, 6) is 2.23. The minimum absolute atomic E-state index is 0. The monoisotopic (exact) mass is 493 g/mol. The average molecular weight is 493 g/mol. The van der Waals surface area contributed by atoms with Crippen LogP contribution in [0.15, 0.2) is 23.2 Å². The third kappa shape index (κ3) is 7.00. The number of guanidine groups is 1. The number of aliphatic hydroxyl groups excluding tert-OH is 1. The lowest BCUT2D eigenvalue weighted by molar-refractivity contribution is 0.127. The second-order valence-corrected chi connectivity index (χ2v) is 6.57. The molecule has 3 N–H and O–H groups in total. The summed E-state index contributed by atoms with van der Waals surface area (Å²) in [5, 5.41) is 16.0. The lowest BCUT2D eigenvalue weighted by atomic mass is 9.84. The van der Waals surface area contributed by atoms with E-state index in [0.29, 0.717) is 6.61 Å². The Morgan fingerprint density at radius 3 is 2.63 bits per heavy atom. The highest BCUT2D eigenvalue weighted by molar-refractivity contribution is 14.0. The number of nitrogens with one attached hydrogen (secondary N) is 2. The first-order valence-corrected chi connectivity index (χ1v) is 9.00. The molecule has 0 aromatic heterocycles. The molecule has 8 heteroatoms. The molecule has 0 spiro atoms. The number of halogens is 1. The van der Waals surface area contributed by atoms with Crippen molar-refractivity contribution in [3.8, 4) is 11.5 Å². The topological polar surface area (TPSA) is 84.3 Å². The van der Waals surface area contributed by atoms with Gasteiger partial charge in [-0.25, -0.2) is 0 Å². The normalized spacial score (nSPS) is 19.3. The summed E-state index contributed by atoms with van der Waals surface area (Å²) in [5.41, 5.74) is 1.15. The van der Waals surface area contributed by atoms with Crippen LogP contribution < -0.4 is 20.1 Å². The third-order valence-corrected chi connectivity index (χ3v) is 4.84. The fraction of sp³-hybridized carbons (Fsp3) is 0.632. The van der Waals surface area contributed by atoms with Crippen molar-refractivity contribution in [1.82, 2.24) is 10.6 Å². The Kier molecular flexibility index (Phi) is 10.8.